The highest BCUT2D eigenvalue weighted by molar-refractivity contribution is 5.79. The van der Waals surface area contributed by atoms with Crippen molar-refractivity contribution in [3.8, 4) is 0 Å². The number of amides is 1. The third kappa shape index (κ3) is 2.84. The first-order chi connectivity index (χ1) is 9.13. The van der Waals surface area contributed by atoms with E-state index in [0.29, 0.717) is 13.0 Å². The van der Waals surface area contributed by atoms with Gasteiger partial charge in [-0.05, 0) is 31.1 Å². The van der Waals surface area contributed by atoms with Crippen LogP contribution in [-0.2, 0) is 9.53 Å². The van der Waals surface area contributed by atoms with Gasteiger partial charge in [-0.3, -0.25) is 9.69 Å². The predicted octanol–water partition coefficient (Wildman–Crippen LogP) is 3.15. The Hall–Kier alpha value is -2.10. The zero-order valence-electron chi connectivity index (χ0n) is 11.1. The van der Waals surface area contributed by atoms with Gasteiger partial charge in [0.25, 0.3) is 0 Å². The summed E-state index contributed by atoms with van der Waals surface area (Å²) < 4.78 is 5.03. The van der Waals surface area contributed by atoms with Crippen molar-refractivity contribution in [2.45, 2.75) is 26.3 Å². The topological polar surface area (TPSA) is 46.6 Å². The molecule has 0 saturated heterocycles. The molecular weight excluding hydrogens is 242 g/mol. The Morgan fingerprint density at radius 3 is 2.74 bits per heavy atom. The monoisotopic (exact) mass is 259 g/mol. The van der Waals surface area contributed by atoms with Crippen LogP contribution in [0.3, 0.4) is 0 Å². The number of ketones is 1. The van der Waals surface area contributed by atoms with Crippen molar-refractivity contribution in [3.05, 3.63) is 41.6 Å². The van der Waals surface area contributed by atoms with Crippen molar-refractivity contribution in [3.63, 3.8) is 0 Å². The van der Waals surface area contributed by atoms with Gasteiger partial charge in [0.2, 0.25) is 0 Å². The second-order valence-corrected chi connectivity index (χ2v) is 4.47. The summed E-state index contributed by atoms with van der Waals surface area (Å²) in [7, 11) is 0. The van der Waals surface area contributed by atoms with E-state index in [-0.39, 0.29) is 11.8 Å². The van der Waals surface area contributed by atoms with Crippen LogP contribution < -0.4 is 0 Å². The van der Waals surface area contributed by atoms with E-state index >= 15 is 0 Å². The lowest BCUT2D eigenvalue weighted by atomic mass is 9.93. The third-order valence-corrected chi connectivity index (χ3v) is 3.06. The summed E-state index contributed by atoms with van der Waals surface area (Å²) >= 11 is 0. The van der Waals surface area contributed by atoms with Gasteiger partial charge in [-0.1, -0.05) is 24.3 Å². The van der Waals surface area contributed by atoms with Crippen molar-refractivity contribution < 1.29 is 14.3 Å². The van der Waals surface area contributed by atoms with Crippen LogP contribution in [0.4, 0.5) is 4.79 Å². The van der Waals surface area contributed by atoms with Crippen molar-refractivity contribution in [2.24, 2.45) is 0 Å². The molecule has 2 rings (SSSR count). The molecule has 1 amide bonds. The number of Topliss-reactive ketones (excluding diaryl/α,β-unsaturated/α-hetero) is 1. The molecule has 0 spiro atoms. The molecule has 0 aromatic heterocycles. The molecular formula is C15H17NO3. The minimum Gasteiger partial charge on any atom is -0.449 e. The third-order valence-electron chi connectivity index (χ3n) is 3.06. The Balaban J connectivity index is 2.35. The lowest BCUT2D eigenvalue weighted by molar-refractivity contribution is -0.117. The van der Waals surface area contributed by atoms with Crippen LogP contribution in [0.25, 0.3) is 6.08 Å². The van der Waals surface area contributed by atoms with E-state index in [9.17, 15) is 9.59 Å². The number of carbonyl (C=O) groups is 2. The second kappa shape index (κ2) is 5.69. The molecule has 100 valence electrons. The molecule has 0 saturated carbocycles. The Morgan fingerprint density at radius 1 is 1.32 bits per heavy atom. The van der Waals surface area contributed by atoms with Crippen molar-refractivity contribution in [1.29, 1.82) is 0 Å². The van der Waals surface area contributed by atoms with E-state index in [1.807, 2.05) is 30.3 Å². The number of carbonyl (C=O) groups excluding carboxylic acids is 2. The zero-order chi connectivity index (χ0) is 13.8. The van der Waals surface area contributed by atoms with Gasteiger partial charge in [-0.2, -0.15) is 0 Å². The summed E-state index contributed by atoms with van der Waals surface area (Å²) in [5, 5.41) is 0. The van der Waals surface area contributed by atoms with Gasteiger partial charge in [0.05, 0.1) is 12.6 Å². The molecule has 1 unspecified atom stereocenters. The van der Waals surface area contributed by atoms with Gasteiger partial charge in [0.15, 0.2) is 0 Å². The Bertz CT molecular complexity index is 522. The summed E-state index contributed by atoms with van der Waals surface area (Å²) in [6.07, 6.45) is 3.43. The maximum Gasteiger partial charge on any atom is 0.414 e. The van der Waals surface area contributed by atoms with Gasteiger partial charge >= 0.3 is 6.09 Å². The maximum absolute atomic E-state index is 11.9. The average Bonchev–Trinajstić information content (AvgIpc) is 2.38. The number of benzene rings is 1. The van der Waals surface area contributed by atoms with E-state index < -0.39 is 6.09 Å². The van der Waals surface area contributed by atoms with E-state index in [2.05, 4.69) is 0 Å². The van der Waals surface area contributed by atoms with Crippen molar-refractivity contribution in [2.75, 3.05) is 6.61 Å². The number of hydrogen-bond acceptors (Lipinski definition) is 3. The minimum absolute atomic E-state index is 0.0457. The molecule has 1 aromatic carbocycles. The molecule has 0 radical (unpaired) electrons. The standard InChI is InChI=1S/C15H17NO3/c1-3-19-15(18)16-9-8-12-6-4-5-7-13(12)14(16)10-11(2)17/h4-9,14H,3,10H2,1-2H3. The number of hydrogen-bond donors (Lipinski definition) is 0. The zero-order valence-corrected chi connectivity index (χ0v) is 11.1. The predicted molar refractivity (Wildman–Crippen MR) is 72.4 cm³/mol. The van der Waals surface area contributed by atoms with Crippen LogP contribution >= 0.6 is 0 Å². The summed E-state index contributed by atoms with van der Waals surface area (Å²) in [6, 6.07) is 7.49. The number of ether oxygens (including phenoxy) is 1. The minimum atomic E-state index is -0.417. The smallest absolute Gasteiger partial charge is 0.414 e. The Morgan fingerprint density at radius 2 is 2.05 bits per heavy atom. The van der Waals surface area contributed by atoms with E-state index in [1.165, 1.54) is 11.8 Å². The van der Waals surface area contributed by atoms with Crippen LogP contribution in [-0.4, -0.2) is 23.4 Å². The molecule has 1 atom stereocenters. The van der Waals surface area contributed by atoms with Crippen LogP contribution in [0.2, 0.25) is 0 Å². The van der Waals surface area contributed by atoms with Crippen LogP contribution in [0.1, 0.15) is 37.4 Å². The van der Waals surface area contributed by atoms with Crippen LogP contribution in [0.15, 0.2) is 30.5 Å². The first-order valence-corrected chi connectivity index (χ1v) is 6.35. The van der Waals surface area contributed by atoms with E-state index in [4.69, 9.17) is 4.74 Å². The highest BCUT2D eigenvalue weighted by atomic mass is 16.6. The second-order valence-electron chi connectivity index (χ2n) is 4.47. The lowest BCUT2D eigenvalue weighted by Crippen LogP contribution is -2.34. The number of fused-ring (bicyclic) bond motifs is 1. The lowest BCUT2D eigenvalue weighted by Gasteiger charge is -2.31. The van der Waals surface area contributed by atoms with Crippen molar-refractivity contribution >= 4 is 18.0 Å². The van der Waals surface area contributed by atoms with Crippen LogP contribution in [0, 0.1) is 0 Å². The molecule has 1 heterocycles. The molecule has 1 aromatic rings. The highest BCUT2D eigenvalue weighted by Crippen LogP contribution is 2.33. The average molecular weight is 259 g/mol. The van der Waals surface area contributed by atoms with E-state index in [1.54, 1.807) is 13.1 Å². The summed E-state index contributed by atoms with van der Waals surface area (Å²) in [4.78, 5) is 24.9. The Kier molecular flexibility index (Phi) is 4.00. The van der Waals surface area contributed by atoms with Gasteiger partial charge < -0.3 is 4.74 Å². The molecule has 0 aliphatic carbocycles. The fourth-order valence-corrected chi connectivity index (χ4v) is 2.25. The molecule has 1 aliphatic heterocycles. The first kappa shape index (κ1) is 13.3. The summed E-state index contributed by atoms with van der Waals surface area (Å²) in [5.41, 5.74) is 2.02. The molecule has 0 N–H and O–H groups in total. The number of rotatable bonds is 3. The molecule has 4 heteroatoms. The molecule has 1 aliphatic rings. The summed E-state index contributed by atoms with van der Waals surface area (Å²) in [5.74, 6) is 0.0457. The van der Waals surface area contributed by atoms with E-state index in [0.717, 1.165) is 11.1 Å². The van der Waals surface area contributed by atoms with Gasteiger partial charge in [-0.15, -0.1) is 0 Å². The SMILES string of the molecule is CCOC(=O)N1C=Cc2ccccc2C1CC(C)=O. The fourth-order valence-electron chi connectivity index (χ4n) is 2.25. The molecule has 0 bridgehead atoms. The van der Waals surface area contributed by atoms with Gasteiger partial charge in [-0.25, -0.2) is 4.79 Å². The van der Waals surface area contributed by atoms with Gasteiger partial charge in [0, 0.05) is 12.6 Å². The molecule has 0 fully saturated rings. The van der Waals surface area contributed by atoms with Crippen molar-refractivity contribution in [1.82, 2.24) is 4.90 Å². The Labute approximate surface area is 112 Å². The quantitative estimate of drug-likeness (QED) is 0.837. The molecule has 4 nitrogen and oxygen atoms in total. The highest BCUT2D eigenvalue weighted by Gasteiger charge is 2.29. The first-order valence-electron chi connectivity index (χ1n) is 6.35. The van der Waals surface area contributed by atoms with Gasteiger partial charge in [0.1, 0.15) is 5.78 Å². The molecule has 19 heavy (non-hydrogen) atoms. The van der Waals surface area contributed by atoms with Crippen LogP contribution in [0.5, 0.6) is 0 Å². The maximum atomic E-state index is 11.9. The fraction of sp³-hybridized carbons (Fsp3) is 0.333. The largest absolute Gasteiger partial charge is 0.449 e. The number of nitrogens with zero attached hydrogens (tertiary/aromatic N) is 1. The normalized spacial score (nSPS) is 16.9. The summed E-state index contributed by atoms with van der Waals surface area (Å²) in [6.45, 7) is 3.61.